The van der Waals surface area contributed by atoms with E-state index >= 15 is 0 Å². The van der Waals surface area contributed by atoms with Gasteiger partial charge in [0.2, 0.25) is 0 Å². The maximum absolute atomic E-state index is 12.6. The minimum absolute atomic E-state index is 0.0287. The molecule has 0 spiro atoms. The molecule has 1 aromatic rings. The zero-order valence-corrected chi connectivity index (χ0v) is 13.4. The van der Waals surface area contributed by atoms with E-state index in [0.29, 0.717) is 33.9 Å². The standard InChI is InChI=1S/C16H22ClN3O2/c1-22-13-7-12(18)11(17)6-10(13)16(21)20-15-9-4-2-8(3-5-9)14(15)19/h6-9,14-15H,2-5,18-19H2,1H3,(H,20,21). The summed E-state index contributed by atoms with van der Waals surface area (Å²) in [6.45, 7) is 0. The number of anilines is 1. The molecule has 0 radical (unpaired) electrons. The molecule has 2 bridgehead atoms. The van der Waals surface area contributed by atoms with E-state index in [0.717, 1.165) is 12.8 Å². The third-order valence-electron chi connectivity index (χ3n) is 5.14. The largest absolute Gasteiger partial charge is 0.496 e. The molecular formula is C16H22ClN3O2. The van der Waals surface area contributed by atoms with Gasteiger partial charge in [-0.1, -0.05) is 11.6 Å². The monoisotopic (exact) mass is 323 g/mol. The van der Waals surface area contributed by atoms with Crippen LogP contribution in [0.25, 0.3) is 0 Å². The SMILES string of the molecule is COc1cc(N)c(Cl)cc1C(=O)NC1C2CCC(CC2)C1N. The first-order valence-corrected chi connectivity index (χ1v) is 8.08. The van der Waals surface area contributed by atoms with Crippen LogP contribution in [0.15, 0.2) is 12.1 Å². The normalized spacial score (nSPS) is 30.1. The molecule has 120 valence electrons. The minimum Gasteiger partial charge on any atom is -0.496 e. The van der Waals surface area contributed by atoms with E-state index in [1.165, 1.54) is 20.0 Å². The van der Waals surface area contributed by atoms with Gasteiger partial charge in [0.05, 0.1) is 23.4 Å². The second-order valence-electron chi connectivity index (χ2n) is 6.33. The molecular weight excluding hydrogens is 302 g/mol. The predicted molar refractivity (Wildman–Crippen MR) is 87.1 cm³/mol. The lowest BCUT2D eigenvalue weighted by molar-refractivity contribution is 0.0726. The van der Waals surface area contributed by atoms with Crippen LogP contribution in [-0.2, 0) is 0 Å². The van der Waals surface area contributed by atoms with Crippen molar-refractivity contribution in [2.75, 3.05) is 12.8 Å². The zero-order valence-electron chi connectivity index (χ0n) is 12.6. The van der Waals surface area contributed by atoms with Gasteiger partial charge in [0.25, 0.3) is 5.91 Å². The number of methoxy groups -OCH3 is 1. The van der Waals surface area contributed by atoms with Gasteiger partial charge in [-0.05, 0) is 43.6 Å². The number of hydrogen-bond donors (Lipinski definition) is 3. The molecule has 2 unspecified atom stereocenters. The predicted octanol–water partition coefficient (Wildman–Crippen LogP) is 2.18. The van der Waals surface area contributed by atoms with Gasteiger partial charge in [-0.25, -0.2) is 0 Å². The van der Waals surface area contributed by atoms with Crippen LogP contribution >= 0.6 is 11.6 Å². The van der Waals surface area contributed by atoms with Crippen molar-refractivity contribution in [3.63, 3.8) is 0 Å². The number of nitrogens with one attached hydrogen (secondary N) is 1. The summed E-state index contributed by atoms with van der Waals surface area (Å²) in [7, 11) is 1.51. The summed E-state index contributed by atoms with van der Waals surface area (Å²) in [4.78, 5) is 12.6. The Hall–Kier alpha value is -1.46. The van der Waals surface area contributed by atoms with Gasteiger partial charge in [-0.15, -0.1) is 0 Å². The summed E-state index contributed by atoms with van der Waals surface area (Å²) in [5.41, 5.74) is 12.9. The van der Waals surface area contributed by atoms with Gasteiger partial charge in [-0.2, -0.15) is 0 Å². The lowest BCUT2D eigenvalue weighted by atomic mass is 9.65. The van der Waals surface area contributed by atoms with E-state index in [4.69, 9.17) is 27.8 Å². The van der Waals surface area contributed by atoms with E-state index in [-0.39, 0.29) is 18.0 Å². The van der Waals surface area contributed by atoms with Crippen molar-refractivity contribution in [2.45, 2.75) is 37.8 Å². The molecule has 2 atom stereocenters. The number of nitrogen functional groups attached to an aromatic ring is 1. The number of rotatable bonds is 3. The summed E-state index contributed by atoms with van der Waals surface area (Å²) in [6, 6.07) is 3.19. The molecule has 3 aliphatic rings. The van der Waals surface area contributed by atoms with Gasteiger partial charge in [0.1, 0.15) is 5.75 Å². The van der Waals surface area contributed by atoms with Crippen LogP contribution in [0.2, 0.25) is 5.02 Å². The molecule has 0 heterocycles. The number of nitrogens with two attached hydrogens (primary N) is 2. The van der Waals surface area contributed by atoms with Gasteiger partial charge in [-0.3, -0.25) is 4.79 Å². The third kappa shape index (κ3) is 2.63. The lowest BCUT2D eigenvalue weighted by Crippen LogP contribution is -2.60. The van der Waals surface area contributed by atoms with Gasteiger partial charge in [0, 0.05) is 18.2 Å². The quantitative estimate of drug-likeness (QED) is 0.744. The molecule has 5 nitrogen and oxygen atoms in total. The number of ether oxygens (including phenoxy) is 1. The summed E-state index contributed by atoms with van der Waals surface area (Å²) in [6.07, 6.45) is 4.64. The Labute approximate surface area is 135 Å². The molecule has 0 aromatic heterocycles. The highest BCUT2D eigenvalue weighted by molar-refractivity contribution is 6.33. The molecule has 1 aromatic carbocycles. The van der Waals surface area contributed by atoms with E-state index in [2.05, 4.69) is 5.32 Å². The number of halogens is 1. The Morgan fingerprint density at radius 2 is 1.91 bits per heavy atom. The smallest absolute Gasteiger partial charge is 0.255 e. The second kappa shape index (κ2) is 5.97. The Balaban J connectivity index is 1.81. The third-order valence-corrected chi connectivity index (χ3v) is 5.47. The number of fused-ring (bicyclic) bond motifs is 3. The highest BCUT2D eigenvalue weighted by Crippen LogP contribution is 2.41. The average Bonchev–Trinajstić information content (AvgIpc) is 2.53. The fourth-order valence-corrected chi connectivity index (χ4v) is 4.02. The molecule has 3 fully saturated rings. The first-order chi connectivity index (χ1) is 10.5. The van der Waals surface area contributed by atoms with Gasteiger partial charge < -0.3 is 21.5 Å². The molecule has 3 aliphatic carbocycles. The molecule has 0 aliphatic heterocycles. The maximum atomic E-state index is 12.6. The summed E-state index contributed by atoms with van der Waals surface area (Å²) in [5.74, 6) is 1.21. The fraction of sp³-hybridized carbons (Fsp3) is 0.562. The number of carbonyl (C=O) groups excluding carboxylic acids is 1. The van der Waals surface area contributed by atoms with Crippen LogP contribution in [0.5, 0.6) is 5.75 Å². The maximum Gasteiger partial charge on any atom is 0.255 e. The lowest BCUT2D eigenvalue weighted by Gasteiger charge is -2.47. The van der Waals surface area contributed by atoms with Crippen LogP contribution in [0, 0.1) is 11.8 Å². The van der Waals surface area contributed by atoms with E-state index < -0.39 is 0 Å². The topological polar surface area (TPSA) is 90.4 Å². The fourth-order valence-electron chi connectivity index (χ4n) is 3.86. The molecule has 4 rings (SSSR count). The highest BCUT2D eigenvalue weighted by Gasteiger charge is 2.42. The average molecular weight is 324 g/mol. The molecule has 0 saturated heterocycles. The van der Waals surface area contributed by atoms with Crippen LogP contribution in [0.3, 0.4) is 0 Å². The Morgan fingerprint density at radius 1 is 1.27 bits per heavy atom. The highest BCUT2D eigenvalue weighted by atomic mass is 35.5. The van der Waals surface area contributed by atoms with Crippen molar-refractivity contribution in [1.29, 1.82) is 0 Å². The summed E-state index contributed by atoms with van der Waals surface area (Å²) >= 11 is 6.04. The Bertz CT molecular complexity index is 583. The van der Waals surface area contributed by atoms with Crippen molar-refractivity contribution < 1.29 is 9.53 Å². The molecule has 6 heteroatoms. The summed E-state index contributed by atoms with van der Waals surface area (Å²) < 4.78 is 5.25. The van der Waals surface area contributed by atoms with Gasteiger partial charge in [0.15, 0.2) is 0 Å². The summed E-state index contributed by atoms with van der Waals surface area (Å²) in [5, 5.41) is 3.44. The van der Waals surface area contributed by atoms with Crippen molar-refractivity contribution in [3.05, 3.63) is 22.7 Å². The van der Waals surface area contributed by atoms with Crippen LogP contribution in [0.4, 0.5) is 5.69 Å². The molecule has 22 heavy (non-hydrogen) atoms. The minimum atomic E-state index is -0.202. The van der Waals surface area contributed by atoms with Crippen molar-refractivity contribution in [3.8, 4) is 5.75 Å². The second-order valence-corrected chi connectivity index (χ2v) is 6.73. The van der Waals surface area contributed by atoms with Crippen molar-refractivity contribution in [1.82, 2.24) is 5.32 Å². The Morgan fingerprint density at radius 3 is 2.50 bits per heavy atom. The molecule has 1 amide bonds. The van der Waals surface area contributed by atoms with E-state index in [1.807, 2.05) is 0 Å². The van der Waals surface area contributed by atoms with Crippen molar-refractivity contribution >= 4 is 23.2 Å². The number of benzene rings is 1. The van der Waals surface area contributed by atoms with Crippen molar-refractivity contribution in [2.24, 2.45) is 17.6 Å². The molecule has 3 saturated carbocycles. The van der Waals surface area contributed by atoms with Crippen LogP contribution in [-0.4, -0.2) is 25.1 Å². The van der Waals surface area contributed by atoms with Crippen LogP contribution in [0.1, 0.15) is 36.0 Å². The van der Waals surface area contributed by atoms with Crippen LogP contribution < -0.4 is 21.5 Å². The zero-order chi connectivity index (χ0) is 15.9. The first-order valence-electron chi connectivity index (χ1n) is 7.70. The first kappa shape index (κ1) is 15.4. The van der Waals surface area contributed by atoms with E-state index in [1.54, 1.807) is 12.1 Å². The van der Waals surface area contributed by atoms with Gasteiger partial charge >= 0.3 is 0 Å². The van der Waals surface area contributed by atoms with E-state index in [9.17, 15) is 4.79 Å². The Kier molecular flexibility index (Phi) is 4.19. The number of amides is 1. The number of hydrogen-bond acceptors (Lipinski definition) is 4. The number of carbonyl (C=O) groups is 1. The molecule has 5 N–H and O–H groups in total.